The molecule has 2 aliphatic carbocycles. The topological polar surface area (TPSA) is 192 Å². The molecule has 1 radical (unpaired) electrons. The van der Waals surface area contributed by atoms with E-state index >= 15 is 0 Å². The monoisotopic (exact) mass is 742 g/mol. The quantitative estimate of drug-likeness (QED) is 0.0585. The second kappa shape index (κ2) is 18.0. The molecule has 2 saturated carbocycles. The van der Waals surface area contributed by atoms with Crippen LogP contribution in [0.3, 0.4) is 0 Å². The van der Waals surface area contributed by atoms with Gasteiger partial charge in [-0.2, -0.15) is 0 Å². The molecule has 0 aromatic carbocycles. The smallest absolute Gasteiger partial charge is 0.407 e. The van der Waals surface area contributed by atoms with E-state index in [2.05, 4.69) is 29.1 Å². The average molecular weight is 743 g/mol. The number of ketones is 2. The van der Waals surface area contributed by atoms with Crippen molar-refractivity contribution in [3.63, 3.8) is 0 Å². The summed E-state index contributed by atoms with van der Waals surface area (Å²) in [5.74, 6) is -4.25. The maximum Gasteiger partial charge on any atom is 0.407 e. The number of alkyl carbamates (subject to hydrolysis) is 2. The molecular weight excluding hydrogens is 689 g/mol. The van der Waals surface area contributed by atoms with Crippen molar-refractivity contribution < 1.29 is 71.1 Å². The number of hydrogen-bond donors (Lipinski definition) is 3. The second-order valence-corrected chi connectivity index (χ2v) is 15.5. The van der Waals surface area contributed by atoms with Crippen LogP contribution in [0.5, 0.6) is 0 Å². The fourth-order valence-corrected chi connectivity index (χ4v) is 7.34. The number of rotatable bonds is 14. The minimum atomic E-state index is -1.24. The number of amides is 3. The van der Waals surface area contributed by atoms with Crippen molar-refractivity contribution in [2.75, 3.05) is 26.4 Å². The molecule has 2 rings (SSSR count). The first-order valence-corrected chi connectivity index (χ1v) is 16.4. The second-order valence-electron chi connectivity index (χ2n) is 15.5. The maximum atomic E-state index is 13.6. The summed E-state index contributed by atoms with van der Waals surface area (Å²) in [6, 6.07) is -1.06. The standard InChI is InChI=1S/C35H53N3O11.V/c1-21(2)28(42)46-11-13-48-30(44)37-23-15-32(5,6)19-34(9,17-23)26(40)25(39)27(41)36-24-16-33(7,8)20-35(10,18-24)38-31(45)49-14-12-47-29(43)22(3)4;/h23-24H,1,3,11-20H2,2,4-10H3,(H,36,41)(H,37,44)(H,38,45);. The Balaban J connectivity index is 0.0000125. The zero-order valence-electron chi connectivity index (χ0n) is 30.6. The number of carbonyl (C=O) groups excluding carboxylic acids is 7. The van der Waals surface area contributed by atoms with E-state index in [1.165, 1.54) is 13.8 Å². The maximum absolute atomic E-state index is 13.6. The third-order valence-corrected chi connectivity index (χ3v) is 8.55. The molecule has 3 N–H and O–H groups in total. The van der Waals surface area contributed by atoms with E-state index in [4.69, 9.17) is 18.9 Å². The van der Waals surface area contributed by atoms with Crippen LogP contribution in [0.15, 0.2) is 24.3 Å². The molecular formula is C35H53N3O11V. The van der Waals surface area contributed by atoms with E-state index in [1.54, 1.807) is 13.8 Å². The van der Waals surface area contributed by atoms with Crippen LogP contribution < -0.4 is 16.0 Å². The van der Waals surface area contributed by atoms with Gasteiger partial charge in [-0.3, -0.25) is 14.4 Å². The number of ether oxygens (including phenoxy) is 4. The van der Waals surface area contributed by atoms with Crippen molar-refractivity contribution in [3.05, 3.63) is 24.3 Å². The Morgan fingerprint density at radius 2 is 1.06 bits per heavy atom. The van der Waals surface area contributed by atoms with Crippen molar-refractivity contribution in [2.24, 2.45) is 16.2 Å². The normalized spacial score (nSPS) is 24.9. The van der Waals surface area contributed by atoms with Gasteiger partial charge in [-0.15, -0.1) is 0 Å². The molecule has 14 nitrogen and oxygen atoms in total. The van der Waals surface area contributed by atoms with Gasteiger partial charge in [0.2, 0.25) is 5.78 Å². The van der Waals surface area contributed by atoms with Gasteiger partial charge in [-0.1, -0.05) is 47.8 Å². The fourth-order valence-electron chi connectivity index (χ4n) is 7.34. The molecule has 0 aromatic rings. The van der Waals surface area contributed by atoms with Gasteiger partial charge >= 0.3 is 24.1 Å². The van der Waals surface area contributed by atoms with E-state index < -0.39 is 70.1 Å². The Morgan fingerprint density at radius 1 is 0.620 bits per heavy atom. The van der Waals surface area contributed by atoms with Gasteiger partial charge < -0.3 is 34.9 Å². The summed E-state index contributed by atoms with van der Waals surface area (Å²) in [5, 5.41) is 8.30. The van der Waals surface area contributed by atoms with Crippen LogP contribution in [-0.2, 0) is 61.5 Å². The van der Waals surface area contributed by atoms with Crippen LogP contribution in [0.4, 0.5) is 9.59 Å². The van der Waals surface area contributed by atoms with Gasteiger partial charge in [0.05, 0.1) is 0 Å². The summed E-state index contributed by atoms with van der Waals surface area (Å²) >= 11 is 0. The molecule has 3 amide bonds. The van der Waals surface area contributed by atoms with Gasteiger partial charge in [0, 0.05) is 52.7 Å². The molecule has 15 heteroatoms. The van der Waals surface area contributed by atoms with Crippen molar-refractivity contribution in [1.82, 2.24) is 16.0 Å². The first-order valence-electron chi connectivity index (χ1n) is 16.4. The summed E-state index contributed by atoms with van der Waals surface area (Å²) < 4.78 is 20.1. The van der Waals surface area contributed by atoms with E-state index in [1.807, 2.05) is 27.7 Å². The zero-order chi connectivity index (χ0) is 37.4. The predicted octanol–water partition coefficient (Wildman–Crippen LogP) is 3.85. The molecule has 0 aliphatic heterocycles. The van der Waals surface area contributed by atoms with E-state index in [0.717, 1.165) is 0 Å². The summed E-state index contributed by atoms with van der Waals surface area (Å²) in [7, 11) is 0. The molecule has 0 bridgehead atoms. The summed E-state index contributed by atoms with van der Waals surface area (Å²) in [6.07, 6.45) is 0.746. The summed E-state index contributed by atoms with van der Waals surface area (Å²) in [4.78, 5) is 88.2. The van der Waals surface area contributed by atoms with Crippen LogP contribution in [0, 0.1) is 16.2 Å². The van der Waals surface area contributed by atoms with Crippen molar-refractivity contribution >= 4 is 41.6 Å². The summed E-state index contributed by atoms with van der Waals surface area (Å²) in [6.45, 7) is 20.5. The number of hydrogen-bond acceptors (Lipinski definition) is 11. The molecule has 0 saturated heterocycles. The average Bonchev–Trinajstić information content (AvgIpc) is 2.93. The van der Waals surface area contributed by atoms with E-state index in [0.29, 0.717) is 25.7 Å². The number of carbonyl (C=O) groups is 7. The predicted molar refractivity (Wildman–Crippen MR) is 178 cm³/mol. The van der Waals surface area contributed by atoms with Crippen LogP contribution in [-0.4, -0.2) is 85.6 Å². The van der Waals surface area contributed by atoms with Gasteiger partial charge in [0.1, 0.15) is 26.4 Å². The van der Waals surface area contributed by atoms with Crippen molar-refractivity contribution in [2.45, 2.75) is 112 Å². The van der Waals surface area contributed by atoms with Crippen LogP contribution in [0.25, 0.3) is 0 Å². The molecule has 2 fully saturated rings. The van der Waals surface area contributed by atoms with Crippen LogP contribution in [0.2, 0.25) is 0 Å². The Labute approximate surface area is 306 Å². The van der Waals surface area contributed by atoms with E-state index in [-0.39, 0.29) is 74.4 Å². The molecule has 0 heterocycles. The van der Waals surface area contributed by atoms with E-state index in [9.17, 15) is 33.6 Å². The Morgan fingerprint density at radius 3 is 1.56 bits per heavy atom. The Hall–Kier alpha value is -3.65. The number of esters is 2. The fraction of sp³-hybridized carbons (Fsp3) is 0.686. The third-order valence-electron chi connectivity index (χ3n) is 8.55. The van der Waals surface area contributed by atoms with Crippen LogP contribution >= 0.6 is 0 Å². The Kier molecular flexibility index (Phi) is 16.0. The molecule has 0 spiro atoms. The first-order chi connectivity index (χ1) is 22.5. The first kappa shape index (κ1) is 44.4. The number of Topliss-reactive ketones (excluding diaryl/α,β-unsaturated/α-hetero) is 2. The van der Waals surface area contributed by atoms with Gasteiger partial charge in [-0.05, 0) is 70.1 Å². The third kappa shape index (κ3) is 13.9. The van der Waals surface area contributed by atoms with Crippen molar-refractivity contribution in [3.8, 4) is 0 Å². The molecule has 0 aromatic heterocycles. The van der Waals surface area contributed by atoms with Crippen LogP contribution in [0.1, 0.15) is 93.9 Å². The molecule has 4 unspecified atom stereocenters. The Bertz CT molecular complexity index is 1360. The minimum absolute atomic E-state index is 0. The summed E-state index contributed by atoms with van der Waals surface area (Å²) in [5.41, 5.74) is -2.44. The van der Waals surface area contributed by atoms with Gasteiger partial charge in [-0.25, -0.2) is 19.2 Å². The molecule has 279 valence electrons. The molecule has 2 aliphatic rings. The molecule has 50 heavy (non-hydrogen) atoms. The largest absolute Gasteiger partial charge is 0.459 e. The SMILES string of the molecule is C=C(C)C(=O)OCCOC(=O)NC1CC(C)(C)CC(C)(C(=O)C(=O)C(=O)NC2CC(C)(C)CC(C)(NC(=O)OCCOC(=O)C(=C)C)C2)C1.[V]. The number of nitrogens with one attached hydrogen (secondary N) is 3. The van der Waals surface area contributed by atoms with Gasteiger partial charge in [0.25, 0.3) is 11.7 Å². The zero-order valence-corrected chi connectivity index (χ0v) is 32.0. The van der Waals surface area contributed by atoms with Gasteiger partial charge in [0.15, 0.2) is 0 Å². The minimum Gasteiger partial charge on any atom is -0.459 e. The molecule has 4 atom stereocenters. The van der Waals surface area contributed by atoms with Crippen molar-refractivity contribution in [1.29, 1.82) is 0 Å².